The average molecular weight is 191 g/mol. The van der Waals surface area contributed by atoms with Crippen LogP contribution in [0.4, 0.5) is 4.39 Å². The predicted octanol–water partition coefficient (Wildman–Crippen LogP) is 2.90. The summed E-state index contributed by atoms with van der Waals surface area (Å²) < 4.78 is 12.5. The first-order valence-electron chi connectivity index (χ1n) is 3.90. The lowest BCUT2D eigenvalue weighted by molar-refractivity contribution is -0.113. The molecule has 0 amide bonds. The van der Waals surface area contributed by atoms with Gasteiger partial charge in [0.1, 0.15) is 0 Å². The second kappa shape index (κ2) is 2.84. The van der Waals surface area contributed by atoms with E-state index in [1.54, 1.807) is 0 Å². The molecule has 0 N–H and O–H groups in total. The molecule has 12 heavy (non-hydrogen) atoms. The van der Waals surface area contributed by atoms with Crippen molar-refractivity contribution in [2.75, 3.05) is 0 Å². The molecule has 2 unspecified atom stereocenters. The highest BCUT2D eigenvalue weighted by Gasteiger charge is 2.60. The van der Waals surface area contributed by atoms with Crippen LogP contribution in [0.1, 0.15) is 20.8 Å². The van der Waals surface area contributed by atoms with Crippen molar-refractivity contribution in [3.63, 3.8) is 0 Å². The van der Waals surface area contributed by atoms with Gasteiger partial charge in [-0.25, -0.2) is 4.39 Å². The molecule has 0 saturated heterocycles. The van der Waals surface area contributed by atoms with Gasteiger partial charge in [-0.05, 0) is 35.9 Å². The Bertz CT molecular complexity index is 241. The van der Waals surface area contributed by atoms with Crippen molar-refractivity contribution in [2.45, 2.75) is 20.8 Å². The van der Waals surface area contributed by atoms with E-state index in [1.807, 2.05) is 13.8 Å². The molecule has 0 aromatic carbocycles. The van der Waals surface area contributed by atoms with Crippen LogP contribution in [0.5, 0.6) is 0 Å². The molecule has 0 radical (unpaired) electrons. The highest BCUT2D eigenvalue weighted by atomic mass is 35.5. The van der Waals surface area contributed by atoms with Gasteiger partial charge in [-0.15, -0.1) is 0 Å². The lowest BCUT2D eigenvalue weighted by Crippen LogP contribution is -1.96. The van der Waals surface area contributed by atoms with E-state index in [2.05, 4.69) is 0 Å². The van der Waals surface area contributed by atoms with Gasteiger partial charge in [-0.3, -0.25) is 4.79 Å². The maximum Gasteiger partial charge on any atom is 0.225 e. The highest BCUT2D eigenvalue weighted by Crippen LogP contribution is 2.60. The van der Waals surface area contributed by atoms with Gasteiger partial charge in [0.2, 0.25) is 5.24 Å². The van der Waals surface area contributed by atoms with Gasteiger partial charge in [0, 0.05) is 5.92 Å². The third-order valence-electron chi connectivity index (χ3n) is 2.56. The van der Waals surface area contributed by atoms with E-state index in [4.69, 9.17) is 11.6 Å². The minimum Gasteiger partial charge on any atom is -0.281 e. The second-order valence-electron chi connectivity index (χ2n) is 3.88. The summed E-state index contributed by atoms with van der Waals surface area (Å²) in [5, 5.41) is -0.359. The van der Waals surface area contributed by atoms with Crippen molar-refractivity contribution in [3.8, 4) is 0 Å². The van der Waals surface area contributed by atoms with Crippen LogP contribution in [0.15, 0.2) is 11.9 Å². The van der Waals surface area contributed by atoms with Gasteiger partial charge in [-0.2, -0.15) is 0 Å². The molecule has 0 aromatic heterocycles. The van der Waals surface area contributed by atoms with Gasteiger partial charge < -0.3 is 0 Å². The van der Waals surface area contributed by atoms with E-state index in [0.717, 1.165) is 0 Å². The van der Waals surface area contributed by atoms with Crippen molar-refractivity contribution < 1.29 is 9.18 Å². The summed E-state index contributed by atoms with van der Waals surface area (Å²) in [5.41, 5.74) is -0.161. The Morgan fingerprint density at radius 3 is 2.33 bits per heavy atom. The van der Waals surface area contributed by atoms with Gasteiger partial charge in [0.15, 0.2) is 0 Å². The zero-order valence-electron chi connectivity index (χ0n) is 7.40. The molecular weight excluding hydrogens is 179 g/mol. The van der Waals surface area contributed by atoms with Crippen LogP contribution in [0.25, 0.3) is 0 Å². The number of rotatable bonds is 2. The first kappa shape index (κ1) is 9.72. The quantitative estimate of drug-likeness (QED) is 0.612. The third kappa shape index (κ3) is 1.53. The molecule has 1 saturated carbocycles. The normalized spacial score (nSPS) is 33.2. The molecule has 1 nitrogen and oxygen atoms in total. The fourth-order valence-corrected chi connectivity index (χ4v) is 2.09. The molecule has 1 aliphatic rings. The summed E-state index contributed by atoms with van der Waals surface area (Å²) in [6.45, 7) is 5.22. The molecule has 0 bridgehead atoms. The van der Waals surface area contributed by atoms with Crippen molar-refractivity contribution in [1.82, 2.24) is 0 Å². The topological polar surface area (TPSA) is 17.1 Å². The molecule has 1 fully saturated rings. The molecule has 0 aromatic rings. The number of hydrogen-bond acceptors (Lipinski definition) is 1. The zero-order valence-corrected chi connectivity index (χ0v) is 8.15. The van der Waals surface area contributed by atoms with E-state index < -0.39 is 0 Å². The summed E-state index contributed by atoms with van der Waals surface area (Å²) in [6.07, 6.45) is 1.48. The highest BCUT2D eigenvalue weighted by molar-refractivity contribution is 6.64. The van der Waals surface area contributed by atoms with Gasteiger partial charge in [0.25, 0.3) is 0 Å². The molecule has 1 aliphatic carbocycles. The lowest BCUT2D eigenvalue weighted by Gasteiger charge is -1.96. The first-order valence-corrected chi connectivity index (χ1v) is 4.28. The molecule has 0 heterocycles. The summed E-state index contributed by atoms with van der Waals surface area (Å²) >= 11 is 5.35. The summed E-state index contributed by atoms with van der Waals surface area (Å²) in [7, 11) is 0. The van der Waals surface area contributed by atoms with E-state index in [9.17, 15) is 9.18 Å². The lowest BCUT2D eigenvalue weighted by atomic mass is 10.1. The van der Waals surface area contributed by atoms with Crippen LogP contribution in [0.3, 0.4) is 0 Å². The summed E-state index contributed by atoms with van der Waals surface area (Å²) in [6, 6.07) is 0. The molecule has 2 atom stereocenters. The summed E-state index contributed by atoms with van der Waals surface area (Å²) in [4.78, 5) is 10.8. The van der Waals surface area contributed by atoms with E-state index in [0.29, 0.717) is 0 Å². The van der Waals surface area contributed by atoms with Crippen LogP contribution in [0, 0.1) is 17.3 Å². The minimum atomic E-state index is -0.359. The van der Waals surface area contributed by atoms with Gasteiger partial charge in [-0.1, -0.05) is 13.8 Å². The third-order valence-corrected chi connectivity index (χ3v) is 2.80. The fourth-order valence-electron chi connectivity index (χ4n) is 1.67. The molecular formula is C9H12ClFO. The van der Waals surface area contributed by atoms with Crippen molar-refractivity contribution in [1.29, 1.82) is 0 Å². The zero-order chi connectivity index (χ0) is 9.52. The van der Waals surface area contributed by atoms with Crippen LogP contribution >= 0.6 is 11.6 Å². The monoisotopic (exact) mass is 190 g/mol. The number of carbonyl (C=O) groups excluding carboxylic acids is 1. The maximum absolute atomic E-state index is 12.5. The molecule has 3 heteroatoms. The number of hydrogen-bond donors (Lipinski definition) is 0. The fraction of sp³-hybridized carbons (Fsp3) is 0.667. The van der Waals surface area contributed by atoms with Crippen molar-refractivity contribution >= 4 is 16.8 Å². The number of carbonyl (C=O) groups is 1. The van der Waals surface area contributed by atoms with E-state index >= 15 is 0 Å². The second-order valence-corrected chi connectivity index (χ2v) is 4.25. The van der Waals surface area contributed by atoms with E-state index in [1.165, 1.54) is 13.0 Å². The van der Waals surface area contributed by atoms with E-state index in [-0.39, 0.29) is 28.3 Å². The largest absolute Gasteiger partial charge is 0.281 e. The molecule has 68 valence electrons. The number of halogens is 2. The maximum atomic E-state index is 12.5. The Morgan fingerprint density at radius 2 is 2.08 bits per heavy atom. The molecule has 0 spiro atoms. The Kier molecular flexibility index (Phi) is 2.30. The number of allylic oxidation sites excluding steroid dienone is 2. The standard InChI is InChI=1S/C9H12ClFO/c1-5(11)4-6-7(8(10)12)9(6,2)3/h4,6-7H,1-3H3. The summed E-state index contributed by atoms with van der Waals surface area (Å²) in [5.74, 6) is -0.467. The van der Waals surface area contributed by atoms with Crippen molar-refractivity contribution in [3.05, 3.63) is 11.9 Å². The van der Waals surface area contributed by atoms with Crippen molar-refractivity contribution in [2.24, 2.45) is 17.3 Å². The predicted molar refractivity (Wildman–Crippen MR) is 46.5 cm³/mol. The van der Waals surface area contributed by atoms with Crippen LogP contribution in [-0.2, 0) is 4.79 Å². The molecule has 0 aliphatic heterocycles. The SMILES string of the molecule is CC(F)=CC1C(C(=O)Cl)C1(C)C. The van der Waals surface area contributed by atoms with Gasteiger partial charge >= 0.3 is 0 Å². The Morgan fingerprint density at radius 1 is 1.58 bits per heavy atom. The smallest absolute Gasteiger partial charge is 0.225 e. The van der Waals surface area contributed by atoms with Crippen LogP contribution < -0.4 is 0 Å². The van der Waals surface area contributed by atoms with Crippen LogP contribution in [0.2, 0.25) is 0 Å². The van der Waals surface area contributed by atoms with Gasteiger partial charge in [0.05, 0.1) is 5.83 Å². The Balaban J connectivity index is 2.73. The average Bonchev–Trinajstić information content (AvgIpc) is 2.32. The Labute approximate surface area is 76.6 Å². The molecule has 1 rings (SSSR count). The minimum absolute atomic E-state index is 0.0208. The first-order chi connectivity index (χ1) is 5.37. The Hall–Kier alpha value is -0.370. The van der Waals surface area contributed by atoms with Crippen LogP contribution in [-0.4, -0.2) is 5.24 Å².